The fourth-order valence-electron chi connectivity index (χ4n) is 3.62. The van der Waals surface area contributed by atoms with E-state index in [0.717, 1.165) is 28.6 Å². The van der Waals surface area contributed by atoms with Crippen LogP contribution < -0.4 is 5.32 Å². The van der Waals surface area contributed by atoms with Crippen LogP contribution in [0.15, 0.2) is 22.7 Å². The minimum Gasteiger partial charge on any atom is -0.339 e. The molecule has 5 heteroatoms. The van der Waals surface area contributed by atoms with Gasteiger partial charge in [0.15, 0.2) is 0 Å². The maximum atomic E-state index is 12.5. The Hall–Kier alpha value is -1.36. The third-order valence-electron chi connectivity index (χ3n) is 4.97. The van der Waals surface area contributed by atoms with Crippen molar-refractivity contribution in [1.82, 2.24) is 4.90 Å². The Balaban J connectivity index is 1.61. The van der Waals surface area contributed by atoms with Crippen LogP contribution >= 0.6 is 15.9 Å². The molecule has 1 aromatic rings. The number of benzene rings is 1. The van der Waals surface area contributed by atoms with Gasteiger partial charge in [-0.15, -0.1) is 0 Å². The van der Waals surface area contributed by atoms with Crippen molar-refractivity contribution in [1.29, 1.82) is 0 Å². The Kier molecular flexibility index (Phi) is 5.05. The molecule has 23 heavy (non-hydrogen) atoms. The van der Waals surface area contributed by atoms with Crippen LogP contribution in [0, 0.1) is 12.8 Å². The van der Waals surface area contributed by atoms with Crippen molar-refractivity contribution in [2.75, 3.05) is 11.9 Å². The Morgan fingerprint density at radius 1 is 1.26 bits per heavy atom. The average molecular weight is 379 g/mol. The number of anilines is 1. The van der Waals surface area contributed by atoms with Crippen LogP contribution in [-0.4, -0.2) is 29.3 Å². The van der Waals surface area contributed by atoms with Gasteiger partial charge in [-0.3, -0.25) is 9.59 Å². The smallest absolute Gasteiger partial charge is 0.229 e. The van der Waals surface area contributed by atoms with Gasteiger partial charge < -0.3 is 10.2 Å². The van der Waals surface area contributed by atoms with E-state index in [1.807, 2.05) is 30.0 Å². The highest BCUT2D eigenvalue weighted by molar-refractivity contribution is 9.10. The van der Waals surface area contributed by atoms with E-state index in [1.165, 1.54) is 19.3 Å². The number of carbonyl (C=O) groups excluding carboxylic acids is 2. The largest absolute Gasteiger partial charge is 0.339 e. The van der Waals surface area contributed by atoms with Gasteiger partial charge in [-0.25, -0.2) is 0 Å². The van der Waals surface area contributed by atoms with Crippen molar-refractivity contribution in [2.45, 2.75) is 51.5 Å². The van der Waals surface area contributed by atoms with Crippen LogP contribution in [0.4, 0.5) is 5.69 Å². The third kappa shape index (κ3) is 3.77. The van der Waals surface area contributed by atoms with Gasteiger partial charge in [-0.2, -0.15) is 0 Å². The molecule has 0 spiro atoms. The lowest BCUT2D eigenvalue weighted by molar-refractivity contribution is -0.130. The number of likely N-dealkylation sites (tertiary alicyclic amines) is 1. The first-order valence-electron chi connectivity index (χ1n) is 8.41. The zero-order valence-corrected chi connectivity index (χ0v) is 15.1. The van der Waals surface area contributed by atoms with Crippen molar-refractivity contribution >= 4 is 33.4 Å². The predicted molar refractivity (Wildman–Crippen MR) is 94.2 cm³/mol. The minimum absolute atomic E-state index is 0.0432. The van der Waals surface area contributed by atoms with Crippen LogP contribution in [-0.2, 0) is 9.59 Å². The number of rotatable bonds is 3. The van der Waals surface area contributed by atoms with Crippen LogP contribution in [0.1, 0.15) is 44.1 Å². The zero-order chi connectivity index (χ0) is 16.4. The van der Waals surface area contributed by atoms with Crippen molar-refractivity contribution in [3.63, 3.8) is 0 Å². The second-order valence-electron chi connectivity index (χ2n) is 6.69. The minimum atomic E-state index is -0.228. The second-order valence-corrected chi connectivity index (χ2v) is 7.55. The highest BCUT2D eigenvalue weighted by atomic mass is 79.9. The van der Waals surface area contributed by atoms with E-state index in [0.29, 0.717) is 19.0 Å². The summed E-state index contributed by atoms with van der Waals surface area (Å²) < 4.78 is 1.02. The lowest BCUT2D eigenvalue weighted by atomic mass is 9.94. The Labute approximate surface area is 145 Å². The summed E-state index contributed by atoms with van der Waals surface area (Å²) in [5.41, 5.74) is 1.87. The number of halogens is 1. The molecule has 2 aliphatic rings. The van der Waals surface area contributed by atoms with E-state index in [9.17, 15) is 9.59 Å². The summed E-state index contributed by atoms with van der Waals surface area (Å²) in [7, 11) is 0. The number of nitrogens with zero attached hydrogens (tertiary/aromatic N) is 1. The molecule has 1 aliphatic heterocycles. The number of aryl methyl sites for hydroxylation is 1. The SMILES string of the molecule is Cc1cc(NC(=O)C2CC(=O)N(C3CCCCC3)C2)ccc1Br. The normalized spacial score (nSPS) is 22.4. The number of amides is 2. The maximum Gasteiger partial charge on any atom is 0.229 e. The molecule has 2 fully saturated rings. The summed E-state index contributed by atoms with van der Waals surface area (Å²) in [5.74, 6) is -0.129. The van der Waals surface area contributed by atoms with Gasteiger partial charge in [0.25, 0.3) is 0 Å². The molecule has 2 amide bonds. The van der Waals surface area contributed by atoms with Crippen molar-refractivity contribution < 1.29 is 9.59 Å². The predicted octanol–water partition coefficient (Wildman–Crippen LogP) is 3.88. The Morgan fingerprint density at radius 2 is 2.00 bits per heavy atom. The number of hydrogen-bond donors (Lipinski definition) is 1. The molecular weight excluding hydrogens is 356 g/mol. The Morgan fingerprint density at radius 3 is 2.70 bits per heavy atom. The maximum absolute atomic E-state index is 12.5. The molecule has 1 heterocycles. The summed E-state index contributed by atoms with van der Waals surface area (Å²) >= 11 is 3.46. The first-order valence-corrected chi connectivity index (χ1v) is 9.20. The molecule has 124 valence electrons. The van der Waals surface area contributed by atoms with Gasteiger partial charge >= 0.3 is 0 Å². The fraction of sp³-hybridized carbons (Fsp3) is 0.556. The van der Waals surface area contributed by atoms with Crippen molar-refractivity contribution in [2.24, 2.45) is 5.92 Å². The van der Waals surface area contributed by atoms with Crippen molar-refractivity contribution in [3.05, 3.63) is 28.2 Å². The van der Waals surface area contributed by atoms with Gasteiger partial charge in [0.05, 0.1) is 5.92 Å². The van der Waals surface area contributed by atoms with Crippen LogP contribution in [0.25, 0.3) is 0 Å². The molecule has 1 unspecified atom stereocenters. The highest BCUT2D eigenvalue weighted by Crippen LogP contribution is 2.29. The van der Waals surface area contributed by atoms with Crippen molar-refractivity contribution in [3.8, 4) is 0 Å². The van der Waals surface area contributed by atoms with E-state index in [2.05, 4.69) is 21.2 Å². The van der Waals surface area contributed by atoms with E-state index >= 15 is 0 Å². The van der Waals surface area contributed by atoms with Crippen LogP contribution in [0.3, 0.4) is 0 Å². The van der Waals surface area contributed by atoms with Gasteiger partial charge in [-0.1, -0.05) is 35.2 Å². The second kappa shape index (κ2) is 7.04. The van der Waals surface area contributed by atoms with E-state index in [-0.39, 0.29) is 17.7 Å². The summed E-state index contributed by atoms with van der Waals surface area (Å²) in [6.45, 7) is 2.56. The molecule has 0 aromatic heterocycles. The molecule has 0 radical (unpaired) electrons. The fourth-order valence-corrected chi connectivity index (χ4v) is 3.87. The van der Waals surface area contributed by atoms with Gasteiger partial charge in [0.1, 0.15) is 0 Å². The summed E-state index contributed by atoms with van der Waals surface area (Å²) in [4.78, 5) is 26.7. The lowest BCUT2D eigenvalue weighted by Gasteiger charge is -2.31. The molecule has 3 rings (SSSR count). The first-order chi connectivity index (χ1) is 11.0. The molecular formula is C18H23BrN2O2. The summed E-state index contributed by atoms with van der Waals surface area (Å²) in [6.07, 6.45) is 6.19. The number of hydrogen-bond acceptors (Lipinski definition) is 2. The van der Waals surface area contributed by atoms with Gasteiger partial charge in [-0.05, 0) is 43.5 Å². The molecule has 1 atom stereocenters. The van der Waals surface area contributed by atoms with Gasteiger partial charge in [0, 0.05) is 29.2 Å². The quantitative estimate of drug-likeness (QED) is 0.867. The van der Waals surface area contributed by atoms with Crippen LogP contribution in [0.2, 0.25) is 0 Å². The van der Waals surface area contributed by atoms with Crippen LogP contribution in [0.5, 0.6) is 0 Å². The zero-order valence-electron chi connectivity index (χ0n) is 13.5. The molecule has 4 nitrogen and oxygen atoms in total. The highest BCUT2D eigenvalue weighted by Gasteiger charge is 2.38. The monoisotopic (exact) mass is 378 g/mol. The molecule has 0 bridgehead atoms. The number of nitrogens with one attached hydrogen (secondary N) is 1. The molecule has 1 N–H and O–H groups in total. The molecule has 1 saturated carbocycles. The summed E-state index contributed by atoms with van der Waals surface area (Å²) in [6, 6.07) is 6.10. The first kappa shape index (κ1) is 16.5. The lowest BCUT2D eigenvalue weighted by Crippen LogP contribution is -2.38. The average Bonchev–Trinajstić information content (AvgIpc) is 2.94. The third-order valence-corrected chi connectivity index (χ3v) is 5.86. The standard InChI is InChI=1S/C18H23BrN2O2/c1-12-9-14(7-8-16(12)19)20-18(23)13-10-17(22)21(11-13)15-5-3-2-4-6-15/h7-9,13,15H,2-6,10-11H2,1H3,(H,20,23). The van der Waals surface area contributed by atoms with Gasteiger partial charge in [0.2, 0.25) is 11.8 Å². The topological polar surface area (TPSA) is 49.4 Å². The molecule has 1 aromatic carbocycles. The number of carbonyl (C=O) groups is 2. The summed E-state index contributed by atoms with van der Waals surface area (Å²) in [5, 5.41) is 2.96. The molecule has 1 aliphatic carbocycles. The van der Waals surface area contributed by atoms with E-state index in [4.69, 9.17) is 0 Å². The molecule has 1 saturated heterocycles. The van der Waals surface area contributed by atoms with E-state index < -0.39 is 0 Å². The van der Waals surface area contributed by atoms with E-state index in [1.54, 1.807) is 0 Å². The Bertz CT molecular complexity index is 611.